The van der Waals surface area contributed by atoms with E-state index in [1.54, 1.807) is 0 Å². The fraction of sp³-hybridized carbons (Fsp3) is 0.400. The molecule has 0 spiro atoms. The van der Waals surface area contributed by atoms with E-state index in [2.05, 4.69) is 5.32 Å². The third kappa shape index (κ3) is 2.08. The minimum absolute atomic E-state index is 0.211. The van der Waals surface area contributed by atoms with Crippen molar-refractivity contribution in [1.29, 1.82) is 0 Å². The Bertz CT molecular complexity index is 326. The van der Waals surface area contributed by atoms with E-state index in [1.165, 1.54) is 12.1 Å². The summed E-state index contributed by atoms with van der Waals surface area (Å²) in [5.74, 6) is -1.64. The fourth-order valence-corrected chi connectivity index (χ4v) is 1.22. The number of ether oxygens (including phenoxy) is 1. The Kier molecular flexibility index (Phi) is 2.74. The van der Waals surface area contributed by atoms with Crippen LogP contribution >= 0.6 is 0 Å². The summed E-state index contributed by atoms with van der Waals surface area (Å²) < 4.78 is 30.7. The summed E-state index contributed by atoms with van der Waals surface area (Å²) in [4.78, 5) is 0. The van der Waals surface area contributed by atoms with Gasteiger partial charge in [-0.15, -0.1) is 0 Å². The van der Waals surface area contributed by atoms with Gasteiger partial charge < -0.3 is 10.1 Å². The van der Waals surface area contributed by atoms with E-state index in [0.717, 1.165) is 19.2 Å². The summed E-state index contributed by atoms with van der Waals surface area (Å²) in [7, 11) is 0. The second-order valence-electron chi connectivity index (χ2n) is 3.34. The minimum atomic E-state index is -0.821. The van der Waals surface area contributed by atoms with E-state index in [9.17, 15) is 8.78 Å². The van der Waals surface area contributed by atoms with Crippen molar-refractivity contribution in [3.05, 3.63) is 35.4 Å². The lowest BCUT2D eigenvalue weighted by Gasteiger charge is -2.27. The molecule has 1 fully saturated rings. The van der Waals surface area contributed by atoms with Crippen LogP contribution in [-0.4, -0.2) is 19.2 Å². The Morgan fingerprint density at radius 1 is 1.29 bits per heavy atom. The molecule has 1 heterocycles. The van der Waals surface area contributed by atoms with E-state index in [0.29, 0.717) is 12.2 Å². The van der Waals surface area contributed by atoms with Crippen molar-refractivity contribution in [3.8, 4) is 0 Å². The lowest BCUT2D eigenvalue weighted by Crippen LogP contribution is -2.48. The highest BCUT2D eigenvalue weighted by Gasteiger charge is 2.16. The van der Waals surface area contributed by atoms with Gasteiger partial charge in [0.1, 0.15) is 0 Å². The van der Waals surface area contributed by atoms with Crippen LogP contribution in [0.3, 0.4) is 0 Å². The standard InChI is InChI=1S/C10H11F2NO/c11-9-2-1-7(3-10(9)12)6-14-8-4-13-5-8/h1-3,8,13H,4-6H2. The first-order valence-corrected chi connectivity index (χ1v) is 4.52. The predicted molar refractivity (Wildman–Crippen MR) is 47.8 cm³/mol. The summed E-state index contributed by atoms with van der Waals surface area (Å²) >= 11 is 0. The first kappa shape index (κ1) is 9.55. The van der Waals surface area contributed by atoms with E-state index in [4.69, 9.17) is 4.74 Å². The molecule has 0 radical (unpaired) electrons. The van der Waals surface area contributed by atoms with Gasteiger partial charge in [0.15, 0.2) is 11.6 Å². The molecule has 1 aliphatic rings. The van der Waals surface area contributed by atoms with Gasteiger partial charge in [-0.3, -0.25) is 0 Å². The molecule has 76 valence electrons. The second-order valence-corrected chi connectivity index (χ2v) is 3.34. The summed E-state index contributed by atoms with van der Waals surface area (Å²) in [6, 6.07) is 3.82. The van der Waals surface area contributed by atoms with Crippen LogP contribution in [-0.2, 0) is 11.3 Å². The maximum Gasteiger partial charge on any atom is 0.159 e. The molecule has 0 aliphatic carbocycles. The van der Waals surface area contributed by atoms with Gasteiger partial charge in [-0.2, -0.15) is 0 Å². The van der Waals surface area contributed by atoms with Gasteiger partial charge in [0.05, 0.1) is 12.7 Å². The molecule has 1 saturated heterocycles. The van der Waals surface area contributed by atoms with Gasteiger partial charge in [0.25, 0.3) is 0 Å². The van der Waals surface area contributed by atoms with Gasteiger partial charge in [0, 0.05) is 13.1 Å². The van der Waals surface area contributed by atoms with Gasteiger partial charge in [-0.25, -0.2) is 8.78 Å². The molecule has 14 heavy (non-hydrogen) atoms. The Balaban J connectivity index is 1.91. The summed E-state index contributed by atoms with van der Waals surface area (Å²) in [6.07, 6.45) is 0.211. The zero-order valence-electron chi connectivity index (χ0n) is 7.59. The lowest BCUT2D eigenvalue weighted by atomic mass is 10.2. The summed E-state index contributed by atoms with van der Waals surface area (Å²) in [5, 5.41) is 3.06. The van der Waals surface area contributed by atoms with Crippen molar-refractivity contribution < 1.29 is 13.5 Å². The molecule has 4 heteroatoms. The van der Waals surface area contributed by atoms with Crippen LogP contribution in [0.1, 0.15) is 5.56 Å². The van der Waals surface area contributed by atoms with Crippen molar-refractivity contribution in [2.24, 2.45) is 0 Å². The Morgan fingerprint density at radius 2 is 2.07 bits per heavy atom. The number of hydrogen-bond acceptors (Lipinski definition) is 2. The quantitative estimate of drug-likeness (QED) is 0.795. The van der Waals surface area contributed by atoms with E-state index < -0.39 is 11.6 Å². The van der Waals surface area contributed by atoms with Crippen molar-refractivity contribution >= 4 is 0 Å². The first-order chi connectivity index (χ1) is 6.75. The molecule has 1 aromatic carbocycles. The molecule has 1 N–H and O–H groups in total. The molecule has 0 bridgehead atoms. The van der Waals surface area contributed by atoms with Gasteiger partial charge >= 0.3 is 0 Å². The number of nitrogens with one attached hydrogen (secondary N) is 1. The van der Waals surface area contributed by atoms with Crippen LogP contribution in [0.5, 0.6) is 0 Å². The number of halogens is 2. The Morgan fingerprint density at radius 3 is 2.64 bits per heavy atom. The molecular weight excluding hydrogens is 188 g/mol. The lowest BCUT2D eigenvalue weighted by molar-refractivity contribution is 0.00745. The van der Waals surface area contributed by atoms with Crippen LogP contribution in [0.25, 0.3) is 0 Å². The number of rotatable bonds is 3. The topological polar surface area (TPSA) is 21.3 Å². The van der Waals surface area contributed by atoms with Crippen molar-refractivity contribution in [1.82, 2.24) is 5.32 Å². The van der Waals surface area contributed by atoms with Crippen molar-refractivity contribution in [2.45, 2.75) is 12.7 Å². The highest BCUT2D eigenvalue weighted by Crippen LogP contribution is 2.11. The van der Waals surface area contributed by atoms with Crippen molar-refractivity contribution in [2.75, 3.05) is 13.1 Å². The third-order valence-corrected chi connectivity index (χ3v) is 2.21. The van der Waals surface area contributed by atoms with Crippen LogP contribution in [0.2, 0.25) is 0 Å². The molecule has 0 aromatic heterocycles. The van der Waals surface area contributed by atoms with Gasteiger partial charge in [-0.05, 0) is 17.7 Å². The summed E-state index contributed by atoms with van der Waals surface area (Å²) in [5.41, 5.74) is 0.663. The molecule has 0 unspecified atom stereocenters. The SMILES string of the molecule is Fc1ccc(COC2CNC2)cc1F. The average Bonchev–Trinajstić information content (AvgIpc) is 2.08. The molecule has 1 aromatic rings. The molecule has 0 saturated carbocycles. The molecule has 0 atom stereocenters. The van der Waals surface area contributed by atoms with Crippen molar-refractivity contribution in [3.63, 3.8) is 0 Å². The van der Waals surface area contributed by atoms with Crippen LogP contribution in [0.4, 0.5) is 8.78 Å². The van der Waals surface area contributed by atoms with Gasteiger partial charge in [0.2, 0.25) is 0 Å². The smallest absolute Gasteiger partial charge is 0.159 e. The zero-order chi connectivity index (χ0) is 9.97. The van der Waals surface area contributed by atoms with E-state index >= 15 is 0 Å². The maximum atomic E-state index is 12.8. The minimum Gasteiger partial charge on any atom is -0.371 e. The highest BCUT2D eigenvalue weighted by atomic mass is 19.2. The van der Waals surface area contributed by atoms with Crippen LogP contribution in [0, 0.1) is 11.6 Å². The average molecular weight is 199 g/mol. The number of benzene rings is 1. The molecule has 2 rings (SSSR count). The van der Waals surface area contributed by atoms with E-state index in [1.807, 2.05) is 0 Å². The highest BCUT2D eigenvalue weighted by molar-refractivity contribution is 5.16. The second kappa shape index (κ2) is 4.02. The first-order valence-electron chi connectivity index (χ1n) is 4.52. The Hall–Kier alpha value is -1.00. The van der Waals surface area contributed by atoms with E-state index in [-0.39, 0.29) is 6.10 Å². The fourth-order valence-electron chi connectivity index (χ4n) is 1.22. The molecular formula is C10H11F2NO. The molecule has 1 aliphatic heterocycles. The monoisotopic (exact) mass is 199 g/mol. The molecule has 2 nitrogen and oxygen atoms in total. The third-order valence-electron chi connectivity index (χ3n) is 2.21. The summed E-state index contributed by atoms with van der Waals surface area (Å²) in [6.45, 7) is 2.01. The largest absolute Gasteiger partial charge is 0.371 e. The number of hydrogen-bond donors (Lipinski definition) is 1. The van der Waals surface area contributed by atoms with Crippen LogP contribution < -0.4 is 5.32 Å². The normalized spacial score (nSPS) is 16.7. The van der Waals surface area contributed by atoms with Crippen LogP contribution in [0.15, 0.2) is 18.2 Å². The van der Waals surface area contributed by atoms with Gasteiger partial charge in [-0.1, -0.05) is 6.07 Å². The maximum absolute atomic E-state index is 12.8. The zero-order valence-corrected chi connectivity index (χ0v) is 7.59. The molecule has 0 amide bonds. The Labute approximate surface area is 80.9 Å². The predicted octanol–water partition coefficient (Wildman–Crippen LogP) is 1.45.